The highest BCUT2D eigenvalue weighted by molar-refractivity contribution is 5.91. The lowest BCUT2D eigenvalue weighted by Crippen LogP contribution is -2.26. The van der Waals surface area contributed by atoms with Gasteiger partial charge in [-0.2, -0.15) is 0 Å². The summed E-state index contributed by atoms with van der Waals surface area (Å²) in [5, 5.41) is 2.64. The van der Waals surface area contributed by atoms with Crippen LogP contribution in [0.3, 0.4) is 0 Å². The number of ether oxygens (including phenoxy) is 1. The summed E-state index contributed by atoms with van der Waals surface area (Å²) in [6, 6.07) is 3.24. The van der Waals surface area contributed by atoms with E-state index < -0.39 is 0 Å². The van der Waals surface area contributed by atoms with Crippen LogP contribution >= 0.6 is 0 Å². The Morgan fingerprint density at radius 3 is 1.93 bits per heavy atom. The third-order valence-corrected chi connectivity index (χ3v) is 5.12. The Kier molecular flexibility index (Phi) is 15.9. The van der Waals surface area contributed by atoms with Crippen LogP contribution in [0.5, 0.6) is 0 Å². The zero-order valence-corrected chi connectivity index (χ0v) is 18.4. The van der Waals surface area contributed by atoms with Crippen molar-refractivity contribution in [3.8, 4) is 0 Å². The first-order valence-corrected chi connectivity index (χ1v) is 11.7. The van der Waals surface area contributed by atoms with Gasteiger partial charge < -0.3 is 14.5 Å². The van der Waals surface area contributed by atoms with Gasteiger partial charge in [-0.15, -0.1) is 0 Å². The van der Waals surface area contributed by atoms with E-state index in [9.17, 15) is 9.59 Å². The molecule has 166 valence electrons. The van der Waals surface area contributed by atoms with E-state index in [4.69, 9.17) is 9.15 Å². The summed E-state index contributed by atoms with van der Waals surface area (Å²) in [6.45, 7) is 3.00. The first-order valence-electron chi connectivity index (χ1n) is 11.7. The first-order chi connectivity index (χ1) is 14.2. The van der Waals surface area contributed by atoms with E-state index in [1.807, 2.05) is 0 Å². The number of furan rings is 1. The molecule has 1 aromatic rings. The van der Waals surface area contributed by atoms with E-state index in [-0.39, 0.29) is 30.6 Å². The predicted molar refractivity (Wildman–Crippen MR) is 117 cm³/mol. The highest BCUT2D eigenvalue weighted by Crippen LogP contribution is 2.13. The van der Waals surface area contributed by atoms with Crippen LogP contribution in [0.15, 0.2) is 22.8 Å². The van der Waals surface area contributed by atoms with Gasteiger partial charge in [0.1, 0.15) is 0 Å². The molecule has 0 bridgehead atoms. The van der Waals surface area contributed by atoms with Crippen LogP contribution in [0.2, 0.25) is 0 Å². The lowest BCUT2D eigenvalue weighted by atomic mass is 10.0. The maximum atomic E-state index is 11.6. The summed E-state index contributed by atoms with van der Waals surface area (Å²) in [5.74, 6) is -0.324. The second-order valence-corrected chi connectivity index (χ2v) is 7.80. The minimum absolute atomic E-state index is 0.186. The predicted octanol–water partition coefficient (Wildman–Crippen LogP) is 6.42. The number of hydrogen-bond donors (Lipinski definition) is 1. The minimum atomic E-state index is -0.310. The topological polar surface area (TPSA) is 68.5 Å². The van der Waals surface area contributed by atoms with Gasteiger partial charge in [0.15, 0.2) is 5.76 Å². The van der Waals surface area contributed by atoms with Crippen molar-refractivity contribution < 1.29 is 18.7 Å². The van der Waals surface area contributed by atoms with E-state index in [0.717, 1.165) is 12.8 Å². The zero-order chi connectivity index (χ0) is 21.0. The summed E-state index contributed by atoms with van der Waals surface area (Å²) < 4.78 is 10.2. The second kappa shape index (κ2) is 18.3. The lowest BCUT2D eigenvalue weighted by molar-refractivity contribution is -0.143. The van der Waals surface area contributed by atoms with Crippen molar-refractivity contribution in [1.82, 2.24) is 5.32 Å². The molecule has 1 aromatic heterocycles. The van der Waals surface area contributed by atoms with E-state index in [2.05, 4.69) is 12.2 Å². The molecule has 29 heavy (non-hydrogen) atoms. The molecule has 0 aliphatic heterocycles. The van der Waals surface area contributed by atoms with Crippen LogP contribution in [0.25, 0.3) is 0 Å². The highest BCUT2D eigenvalue weighted by atomic mass is 16.5. The number of rotatable bonds is 19. The van der Waals surface area contributed by atoms with Crippen LogP contribution in [-0.4, -0.2) is 25.0 Å². The molecule has 0 aromatic carbocycles. The normalized spacial score (nSPS) is 10.8. The molecule has 0 fully saturated rings. The van der Waals surface area contributed by atoms with Crippen molar-refractivity contribution in [2.45, 2.75) is 103 Å². The maximum absolute atomic E-state index is 11.6. The summed E-state index contributed by atoms with van der Waals surface area (Å²) in [4.78, 5) is 23.3. The summed E-state index contributed by atoms with van der Waals surface area (Å²) in [6.07, 6.45) is 20.0. The number of unbranched alkanes of at least 4 members (excludes halogenated alkanes) is 13. The van der Waals surface area contributed by atoms with Gasteiger partial charge in [0.25, 0.3) is 5.91 Å². The molecular weight excluding hydrogens is 366 g/mol. The molecule has 0 atom stereocenters. The highest BCUT2D eigenvalue weighted by Gasteiger charge is 2.09. The van der Waals surface area contributed by atoms with Crippen LogP contribution in [0.1, 0.15) is 114 Å². The van der Waals surface area contributed by atoms with Gasteiger partial charge in [0.05, 0.1) is 19.3 Å². The molecule has 1 N–H and O–H groups in total. The fourth-order valence-electron chi connectivity index (χ4n) is 3.33. The summed E-state index contributed by atoms with van der Waals surface area (Å²) in [7, 11) is 0. The second-order valence-electron chi connectivity index (χ2n) is 7.80. The Hall–Kier alpha value is -1.78. The lowest BCUT2D eigenvalue weighted by Gasteiger charge is -2.06. The Bertz CT molecular complexity index is 513. The van der Waals surface area contributed by atoms with Gasteiger partial charge in [-0.3, -0.25) is 9.59 Å². The molecule has 0 radical (unpaired) electrons. The third-order valence-electron chi connectivity index (χ3n) is 5.12. The first kappa shape index (κ1) is 25.3. The van der Waals surface area contributed by atoms with Crippen molar-refractivity contribution in [3.63, 3.8) is 0 Å². The minimum Gasteiger partial charge on any atom is -0.466 e. The van der Waals surface area contributed by atoms with Crippen LogP contribution in [0, 0.1) is 0 Å². The molecule has 0 spiro atoms. The van der Waals surface area contributed by atoms with Crippen LogP contribution in [-0.2, 0) is 9.53 Å². The van der Waals surface area contributed by atoms with Gasteiger partial charge in [0, 0.05) is 6.54 Å². The molecule has 0 aliphatic rings. The summed E-state index contributed by atoms with van der Waals surface area (Å²) >= 11 is 0. The Morgan fingerprint density at radius 1 is 0.862 bits per heavy atom. The SMILES string of the molecule is CCCCCCCCCCCCCCCCOC(=O)CCNC(=O)c1ccco1. The average Bonchev–Trinajstić information content (AvgIpc) is 3.26. The maximum Gasteiger partial charge on any atom is 0.307 e. The number of hydrogen-bond acceptors (Lipinski definition) is 4. The average molecular weight is 408 g/mol. The van der Waals surface area contributed by atoms with Crippen molar-refractivity contribution in [3.05, 3.63) is 24.2 Å². The van der Waals surface area contributed by atoms with Gasteiger partial charge in [0.2, 0.25) is 0 Å². The summed E-state index contributed by atoms with van der Waals surface area (Å²) in [5.41, 5.74) is 0. The molecule has 1 amide bonds. The fourth-order valence-corrected chi connectivity index (χ4v) is 3.33. The number of amides is 1. The third kappa shape index (κ3) is 14.8. The van der Waals surface area contributed by atoms with E-state index in [1.54, 1.807) is 12.1 Å². The van der Waals surface area contributed by atoms with Crippen LogP contribution < -0.4 is 5.32 Å². The Labute approximate surface area is 177 Å². The monoisotopic (exact) mass is 407 g/mol. The van der Waals surface area contributed by atoms with Gasteiger partial charge in [-0.05, 0) is 18.6 Å². The quantitative estimate of drug-likeness (QED) is 0.212. The fraction of sp³-hybridized carbons (Fsp3) is 0.750. The Balaban J connectivity index is 1.78. The molecule has 1 heterocycles. The van der Waals surface area contributed by atoms with Crippen molar-refractivity contribution >= 4 is 11.9 Å². The van der Waals surface area contributed by atoms with Crippen molar-refractivity contribution in [2.24, 2.45) is 0 Å². The molecule has 0 saturated carbocycles. The molecular formula is C24H41NO4. The van der Waals surface area contributed by atoms with E-state index in [0.29, 0.717) is 6.61 Å². The van der Waals surface area contributed by atoms with Crippen molar-refractivity contribution in [1.29, 1.82) is 0 Å². The van der Waals surface area contributed by atoms with E-state index >= 15 is 0 Å². The number of esters is 1. The number of carbonyl (C=O) groups is 2. The molecule has 5 heteroatoms. The van der Waals surface area contributed by atoms with Gasteiger partial charge in [-0.25, -0.2) is 0 Å². The molecule has 1 rings (SSSR count). The van der Waals surface area contributed by atoms with Gasteiger partial charge >= 0.3 is 5.97 Å². The Morgan fingerprint density at radius 2 is 1.41 bits per heavy atom. The number of carbonyl (C=O) groups excluding carboxylic acids is 2. The van der Waals surface area contributed by atoms with Crippen molar-refractivity contribution in [2.75, 3.05) is 13.2 Å². The molecule has 0 unspecified atom stereocenters. The molecule has 0 aliphatic carbocycles. The standard InChI is InChI=1S/C24H41NO4/c1-2-3-4-5-6-7-8-9-10-11-12-13-14-15-20-29-23(26)18-19-25-24(27)22-17-16-21-28-22/h16-17,21H,2-15,18-20H2,1H3,(H,25,27). The largest absolute Gasteiger partial charge is 0.466 e. The number of nitrogens with one attached hydrogen (secondary N) is 1. The van der Waals surface area contributed by atoms with Gasteiger partial charge in [-0.1, -0.05) is 90.4 Å². The van der Waals surface area contributed by atoms with E-state index in [1.165, 1.54) is 83.3 Å². The smallest absolute Gasteiger partial charge is 0.307 e. The van der Waals surface area contributed by atoms with Crippen LogP contribution in [0.4, 0.5) is 0 Å². The molecule has 5 nitrogen and oxygen atoms in total. The zero-order valence-electron chi connectivity index (χ0n) is 18.4. The molecule has 0 saturated heterocycles.